The average molecular weight is 221 g/mol. The Morgan fingerprint density at radius 1 is 1.50 bits per heavy atom. The molecule has 0 saturated carbocycles. The van der Waals surface area contributed by atoms with Crippen molar-refractivity contribution in [3.8, 4) is 0 Å². The van der Waals surface area contributed by atoms with E-state index in [1.165, 1.54) is 36.9 Å². The summed E-state index contributed by atoms with van der Waals surface area (Å²) in [5.41, 5.74) is 2.89. The molecule has 1 N–H and O–H groups in total. The van der Waals surface area contributed by atoms with Gasteiger partial charge < -0.3 is 5.32 Å². The summed E-state index contributed by atoms with van der Waals surface area (Å²) >= 11 is 0. The molecule has 1 atom stereocenters. The van der Waals surface area contributed by atoms with Crippen LogP contribution in [0.1, 0.15) is 50.4 Å². The summed E-state index contributed by atoms with van der Waals surface area (Å²) in [6, 6.07) is 0.512. The summed E-state index contributed by atoms with van der Waals surface area (Å²) in [7, 11) is 2.06. The van der Waals surface area contributed by atoms with Crippen LogP contribution in [0.3, 0.4) is 0 Å². The second-order valence-corrected chi connectivity index (χ2v) is 5.21. The second kappa shape index (κ2) is 5.00. The molecule has 0 spiro atoms. The van der Waals surface area contributed by atoms with E-state index in [-0.39, 0.29) is 0 Å². The Morgan fingerprint density at radius 2 is 2.31 bits per heavy atom. The van der Waals surface area contributed by atoms with E-state index in [1.807, 2.05) is 0 Å². The van der Waals surface area contributed by atoms with Crippen molar-refractivity contribution in [1.29, 1.82) is 0 Å². The van der Waals surface area contributed by atoms with Gasteiger partial charge in [0, 0.05) is 23.8 Å². The van der Waals surface area contributed by atoms with Crippen LogP contribution in [0.4, 0.5) is 0 Å². The molecular formula is C13H23N3. The maximum Gasteiger partial charge on any atom is 0.0540 e. The molecule has 1 unspecified atom stereocenters. The minimum Gasteiger partial charge on any atom is -0.313 e. The van der Waals surface area contributed by atoms with Crippen molar-refractivity contribution in [2.75, 3.05) is 7.05 Å². The SMILES string of the molecule is CNC1CCCCc2c1cnn2CC(C)C. The molecule has 1 aliphatic rings. The molecule has 1 heterocycles. The lowest BCUT2D eigenvalue weighted by Crippen LogP contribution is -2.16. The van der Waals surface area contributed by atoms with Crippen LogP contribution in [-0.4, -0.2) is 16.8 Å². The molecule has 0 aliphatic heterocycles. The number of hydrogen-bond donors (Lipinski definition) is 1. The lowest BCUT2D eigenvalue weighted by atomic mass is 10.1. The summed E-state index contributed by atoms with van der Waals surface area (Å²) in [6.07, 6.45) is 7.14. The molecule has 90 valence electrons. The predicted molar refractivity (Wildman–Crippen MR) is 66.4 cm³/mol. The molecule has 3 nitrogen and oxygen atoms in total. The first-order valence-corrected chi connectivity index (χ1v) is 6.44. The Hall–Kier alpha value is -0.830. The summed E-state index contributed by atoms with van der Waals surface area (Å²) in [6.45, 7) is 5.55. The van der Waals surface area contributed by atoms with Gasteiger partial charge in [-0.1, -0.05) is 20.3 Å². The van der Waals surface area contributed by atoms with Gasteiger partial charge in [0.05, 0.1) is 6.20 Å². The number of hydrogen-bond acceptors (Lipinski definition) is 2. The minimum absolute atomic E-state index is 0.512. The molecule has 3 heteroatoms. The van der Waals surface area contributed by atoms with Gasteiger partial charge in [0.15, 0.2) is 0 Å². The third kappa shape index (κ3) is 2.29. The van der Waals surface area contributed by atoms with Gasteiger partial charge in [0.25, 0.3) is 0 Å². The first kappa shape index (κ1) is 11.6. The summed E-state index contributed by atoms with van der Waals surface area (Å²) < 4.78 is 2.22. The van der Waals surface area contributed by atoms with Gasteiger partial charge in [0.2, 0.25) is 0 Å². The molecule has 16 heavy (non-hydrogen) atoms. The van der Waals surface area contributed by atoms with Crippen LogP contribution >= 0.6 is 0 Å². The maximum atomic E-state index is 4.55. The fraction of sp³-hybridized carbons (Fsp3) is 0.769. The van der Waals surface area contributed by atoms with Crippen molar-refractivity contribution >= 4 is 0 Å². The van der Waals surface area contributed by atoms with Gasteiger partial charge >= 0.3 is 0 Å². The zero-order chi connectivity index (χ0) is 11.5. The Labute approximate surface area is 98.2 Å². The fourth-order valence-electron chi connectivity index (χ4n) is 2.59. The highest BCUT2D eigenvalue weighted by molar-refractivity contribution is 5.23. The van der Waals surface area contributed by atoms with Gasteiger partial charge in [-0.25, -0.2) is 0 Å². The van der Waals surface area contributed by atoms with E-state index in [0.29, 0.717) is 12.0 Å². The Bertz CT molecular complexity index is 341. The minimum atomic E-state index is 0.512. The van der Waals surface area contributed by atoms with Crippen LogP contribution in [0.2, 0.25) is 0 Å². The highest BCUT2D eigenvalue weighted by atomic mass is 15.3. The molecule has 0 bridgehead atoms. The highest BCUT2D eigenvalue weighted by Crippen LogP contribution is 2.28. The molecule has 1 aliphatic carbocycles. The van der Waals surface area contributed by atoms with Crippen LogP contribution in [0.15, 0.2) is 6.20 Å². The quantitative estimate of drug-likeness (QED) is 0.795. The third-order valence-electron chi connectivity index (χ3n) is 3.40. The van der Waals surface area contributed by atoms with Crippen LogP contribution < -0.4 is 5.32 Å². The van der Waals surface area contributed by atoms with Crippen molar-refractivity contribution in [3.63, 3.8) is 0 Å². The predicted octanol–water partition coefficient (Wildman–Crippen LogP) is 2.53. The monoisotopic (exact) mass is 221 g/mol. The van der Waals surface area contributed by atoms with E-state index in [4.69, 9.17) is 0 Å². The van der Waals surface area contributed by atoms with Crippen molar-refractivity contribution in [3.05, 3.63) is 17.5 Å². The molecule has 0 amide bonds. The zero-order valence-corrected chi connectivity index (χ0v) is 10.7. The van der Waals surface area contributed by atoms with Crippen LogP contribution in [0.25, 0.3) is 0 Å². The van der Waals surface area contributed by atoms with Gasteiger partial charge in [-0.15, -0.1) is 0 Å². The Morgan fingerprint density at radius 3 is 3.00 bits per heavy atom. The lowest BCUT2D eigenvalue weighted by Gasteiger charge is -2.14. The largest absolute Gasteiger partial charge is 0.313 e. The third-order valence-corrected chi connectivity index (χ3v) is 3.40. The molecule has 2 rings (SSSR count). The normalized spacial score (nSPS) is 20.9. The Balaban J connectivity index is 2.27. The van der Waals surface area contributed by atoms with Crippen LogP contribution in [-0.2, 0) is 13.0 Å². The zero-order valence-electron chi connectivity index (χ0n) is 10.7. The van der Waals surface area contributed by atoms with Crippen molar-refractivity contribution in [2.45, 2.75) is 52.1 Å². The number of nitrogens with zero attached hydrogens (tertiary/aromatic N) is 2. The van der Waals surface area contributed by atoms with Gasteiger partial charge in [-0.05, 0) is 32.2 Å². The molecular weight excluding hydrogens is 198 g/mol. The van der Waals surface area contributed by atoms with Crippen molar-refractivity contribution in [1.82, 2.24) is 15.1 Å². The van der Waals surface area contributed by atoms with Crippen molar-refractivity contribution in [2.24, 2.45) is 5.92 Å². The smallest absolute Gasteiger partial charge is 0.0540 e. The number of nitrogens with one attached hydrogen (secondary N) is 1. The molecule has 0 fully saturated rings. The van der Waals surface area contributed by atoms with E-state index in [0.717, 1.165) is 6.54 Å². The standard InChI is InChI=1S/C13H23N3/c1-10(2)9-16-13-7-5-4-6-12(14-3)11(13)8-15-16/h8,10,12,14H,4-7,9H2,1-3H3. The number of fused-ring (bicyclic) bond motifs is 1. The lowest BCUT2D eigenvalue weighted by molar-refractivity contribution is 0.466. The molecule has 1 aromatic rings. The van der Waals surface area contributed by atoms with Gasteiger partial charge in [0.1, 0.15) is 0 Å². The molecule has 1 aromatic heterocycles. The fourth-order valence-corrected chi connectivity index (χ4v) is 2.59. The van der Waals surface area contributed by atoms with Gasteiger partial charge in [-0.2, -0.15) is 5.10 Å². The first-order chi connectivity index (χ1) is 7.72. The summed E-state index contributed by atoms with van der Waals surface area (Å²) in [4.78, 5) is 0. The Kier molecular flexibility index (Phi) is 3.64. The van der Waals surface area contributed by atoms with E-state index in [1.54, 1.807) is 0 Å². The van der Waals surface area contributed by atoms with Gasteiger partial charge in [-0.3, -0.25) is 4.68 Å². The number of aromatic nitrogens is 2. The van der Waals surface area contributed by atoms with Crippen LogP contribution in [0.5, 0.6) is 0 Å². The highest BCUT2D eigenvalue weighted by Gasteiger charge is 2.21. The topological polar surface area (TPSA) is 29.9 Å². The summed E-state index contributed by atoms with van der Waals surface area (Å²) in [5, 5.41) is 7.97. The first-order valence-electron chi connectivity index (χ1n) is 6.44. The van der Waals surface area contributed by atoms with Crippen LogP contribution in [0, 0.1) is 5.92 Å². The summed E-state index contributed by atoms with van der Waals surface area (Å²) in [5.74, 6) is 0.667. The maximum absolute atomic E-state index is 4.55. The molecule has 0 aromatic carbocycles. The van der Waals surface area contributed by atoms with E-state index >= 15 is 0 Å². The molecule has 0 saturated heterocycles. The number of rotatable bonds is 3. The van der Waals surface area contributed by atoms with E-state index in [9.17, 15) is 0 Å². The average Bonchev–Trinajstić information content (AvgIpc) is 2.51. The molecule has 0 radical (unpaired) electrons. The van der Waals surface area contributed by atoms with E-state index < -0.39 is 0 Å². The van der Waals surface area contributed by atoms with Crippen molar-refractivity contribution < 1.29 is 0 Å². The second-order valence-electron chi connectivity index (χ2n) is 5.21. The van der Waals surface area contributed by atoms with E-state index in [2.05, 4.69) is 42.2 Å².